The van der Waals surface area contributed by atoms with Gasteiger partial charge in [0.1, 0.15) is 23.7 Å². The molecule has 6 aromatic rings. The maximum absolute atomic E-state index is 6.45. The summed E-state index contributed by atoms with van der Waals surface area (Å²) < 4.78 is 12.9. The number of likely N-dealkylation sites (tertiary alicyclic amines) is 2. The summed E-state index contributed by atoms with van der Waals surface area (Å²) in [5.74, 6) is 1.94. The molecule has 2 aromatic heterocycles. The Morgan fingerprint density at radius 1 is 0.549 bits per heavy atom. The molecule has 262 valence electrons. The van der Waals surface area contributed by atoms with E-state index in [1.165, 1.54) is 29.5 Å². The number of hydrogen-bond acceptors (Lipinski definition) is 6. The van der Waals surface area contributed by atoms with E-state index in [-0.39, 0.29) is 12.2 Å². The maximum atomic E-state index is 6.45. The van der Waals surface area contributed by atoms with Crippen molar-refractivity contribution in [3.05, 3.63) is 143 Å². The minimum absolute atomic E-state index is 0.236. The van der Waals surface area contributed by atoms with Crippen molar-refractivity contribution < 1.29 is 9.47 Å². The van der Waals surface area contributed by atoms with Gasteiger partial charge >= 0.3 is 0 Å². The third-order valence-corrected chi connectivity index (χ3v) is 9.90. The largest absolute Gasteiger partial charge is 0.488 e. The van der Waals surface area contributed by atoms with Crippen molar-refractivity contribution in [3.8, 4) is 11.5 Å². The fourth-order valence-corrected chi connectivity index (χ4v) is 7.39. The molecule has 2 aliphatic rings. The lowest BCUT2D eigenvalue weighted by atomic mass is 10.1. The summed E-state index contributed by atoms with van der Waals surface area (Å²) in [4.78, 5) is 14.2. The molecule has 0 saturated carbocycles. The number of aryl methyl sites for hydroxylation is 3. The molecule has 2 aliphatic heterocycles. The molecule has 2 unspecified atom stereocenters. The summed E-state index contributed by atoms with van der Waals surface area (Å²) in [7, 11) is 0. The lowest BCUT2D eigenvalue weighted by Gasteiger charge is -2.33. The molecule has 0 N–H and O–H groups in total. The Labute approximate surface area is 303 Å². The van der Waals surface area contributed by atoms with Crippen LogP contribution in [0.3, 0.4) is 0 Å². The second kappa shape index (κ2) is 16.5. The van der Waals surface area contributed by atoms with Gasteiger partial charge in [0, 0.05) is 60.5 Å². The Balaban J connectivity index is 0.000000159. The van der Waals surface area contributed by atoms with Gasteiger partial charge in [-0.2, -0.15) is 0 Å². The van der Waals surface area contributed by atoms with Crippen molar-refractivity contribution in [2.45, 2.75) is 71.8 Å². The van der Waals surface area contributed by atoms with Gasteiger partial charge in [0.25, 0.3) is 0 Å². The van der Waals surface area contributed by atoms with Crippen LogP contribution in [0.2, 0.25) is 0 Å². The van der Waals surface area contributed by atoms with Crippen LogP contribution >= 0.6 is 0 Å². The van der Waals surface area contributed by atoms with Crippen LogP contribution in [0.1, 0.15) is 53.8 Å². The molecule has 0 aliphatic carbocycles. The second-order valence-corrected chi connectivity index (χ2v) is 14.3. The van der Waals surface area contributed by atoms with Gasteiger partial charge in [0.2, 0.25) is 0 Å². The molecule has 2 atom stereocenters. The highest BCUT2D eigenvalue weighted by Crippen LogP contribution is 2.30. The van der Waals surface area contributed by atoms with E-state index < -0.39 is 0 Å². The Kier molecular flexibility index (Phi) is 11.2. The van der Waals surface area contributed by atoms with Crippen LogP contribution in [0, 0.1) is 20.8 Å². The Hall–Kier alpha value is -4.78. The minimum Gasteiger partial charge on any atom is -0.488 e. The van der Waals surface area contributed by atoms with E-state index >= 15 is 0 Å². The van der Waals surface area contributed by atoms with Gasteiger partial charge in [-0.3, -0.25) is 19.8 Å². The van der Waals surface area contributed by atoms with Crippen molar-refractivity contribution >= 4 is 21.8 Å². The van der Waals surface area contributed by atoms with E-state index in [1.54, 1.807) is 0 Å². The number of rotatable bonds is 8. The van der Waals surface area contributed by atoms with Gasteiger partial charge in [-0.25, -0.2) is 0 Å². The zero-order valence-corrected chi connectivity index (χ0v) is 30.3. The molecule has 0 amide bonds. The van der Waals surface area contributed by atoms with E-state index in [4.69, 9.17) is 9.47 Å². The number of para-hydroxylation sites is 2. The number of pyridine rings is 2. The Bertz CT molecular complexity index is 2030. The van der Waals surface area contributed by atoms with Gasteiger partial charge in [-0.15, -0.1) is 0 Å². The SMILES string of the molecule is Cc1cc(OC2CCCN(Cc3ccccc3)C2)c2ccccc2n1.Cc1ccc(CN2CCCC(Oc3cc(C)nc4ccccc34)C2)cc1. The number of aromatic nitrogens is 2. The summed E-state index contributed by atoms with van der Waals surface area (Å²) in [6, 6.07) is 40.2. The van der Waals surface area contributed by atoms with Crippen molar-refractivity contribution in [1.29, 1.82) is 0 Å². The maximum Gasteiger partial charge on any atom is 0.130 e. The van der Waals surface area contributed by atoms with Crippen molar-refractivity contribution in [3.63, 3.8) is 0 Å². The smallest absolute Gasteiger partial charge is 0.130 e. The number of hydrogen-bond donors (Lipinski definition) is 0. The van der Waals surface area contributed by atoms with E-state index in [0.717, 1.165) is 96.8 Å². The molecule has 6 nitrogen and oxygen atoms in total. The fraction of sp³-hybridized carbons (Fsp3) is 0.333. The van der Waals surface area contributed by atoms with E-state index in [1.807, 2.05) is 26.0 Å². The summed E-state index contributed by atoms with van der Waals surface area (Å²) in [6.45, 7) is 12.4. The number of fused-ring (bicyclic) bond motifs is 2. The molecule has 2 fully saturated rings. The van der Waals surface area contributed by atoms with E-state index in [9.17, 15) is 0 Å². The first kappa shape index (κ1) is 34.7. The summed E-state index contributed by atoms with van der Waals surface area (Å²) in [5.41, 5.74) is 8.09. The predicted octanol–water partition coefficient (Wildman–Crippen LogP) is 9.48. The molecule has 2 saturated heterocycles. The normalized spacial score (nSPS) is 18.3. The quantitative estimate of drug-likeness (QED) is 0.160. The first-order valence-corrected chi connectivity index (χ1v) is 18.6. The molecule has 4 heterocycles. The first-order valence-electron chi connectivity index (χ1n) is 18.6. The number of nitrogens with zero attached hydrogens (tertiary/aromatic N) is 4. The molecule has 0 bridgehead atoms. The average Bonchev–Trinajstić information content (AvgIpc) is 3.13. The standard InChI is InChI=1S/C23H26N2O.C22H24N2O/c1-17-9-11-19(12-10-17)15-25-13-5-6-20(16-25)26-23-14-18(2)24-22-8-4-3-7-21(22)23;1-17-14-22(20-11-5-6-12-21(20)23-17)25-19-10-7-13-24(16-19)15-18-8-3-2-4-9-18/h3-4,7-12,14,20H,5-6,13,15-16H2,1-2H3;2-6,8-9,11-12,14,19H,7,10,13,15-16H2,1H3. The second-order valence-electron chi connectivity index (χ2n) is 14.3. The van der Waals surface area contributed by atoms with Crippen LogP contribution in [-0.4, -0.2) is 58.2 Å². The summed E-state index contributed by atoms with van der Waals surface area (Å²) in [5, 5.41) is 2.21. The molecular weight excluding hydrogens is 629 g/mol. The van der Waals surface area contributed by atoms with E-state index in [2.05, 4.69) is 130 Å². The van der Waals surface area contributed by atoms with Crippen LogP contribution < -0.4 is 9.47 Å². The molecular formula is C45H50N4O2. The zero-order chi connectivity index (χ0) is 35.0. The van der Waals surface area contributed by atoms with Gasteiger partial charge in [-0.05, 0) is 94.9 Å². The number of ether oxygens (including phenoxy) is 2. The predicted molar refractivity (Wildman–Crippen MR) is 208 cm³/mol. The minimum atomic E-state index is 0.236. The molecule has 6 heteroatoms. The third-order valence-electron chi connectivity index (χ3n) is 9.90. The van der Waals surface area contributed by atoms with Gasteiger partial charge in [-0.1, -0.05) is 84.4 Å². The lowest BCUT2D eigenvalue weighted by Crippen LogP contribution is -2.40. The monoisotopic (exact) mass is 678 g/mol. The van der Waals surface area contributed by atoms with Crippen molar-refractivity contribution in [1.82, 2.24) is 19.8 Å². The Morgan fingerprint density at radius 3 is 1.51 bits per heavy atom. The van der Waals surface area contributed by atoms with Crippen LogP contribution in [0.15, 0.2) is 115 Å². The van der Waals surface area contributed by atoms with Crippen LogP contribution in [0.5, 0.6) is 11.5 Å². The zero-order valence-electron chi connectivity index (χ0n) is 30.3. The lowest BCUT2D eigenvalue weighted by molar-refractivity contribution is 0.0852. The first-order chi connectivity index (χ1) is 24.9. The molecule has 0 spiro atoms. The van der Waals surface area contributed by atoms with Crippen LogP contribution in [0.4, 0.5) is 0 Å². The fourth-order valence-electron chi connectivity index (χ4n) is 7.39. The third kappa shape index (κ3) is 9.32. The van der Waals surface area contributed by atoms with Crippen molar-refractivity contribution in [2.75, 3.05) is 26.2 Å². The van der Waals surface area contributed by atoms with Gasteiger partial charge in [0.05, 0.1) is 11.0 Å². The van der Waals surface area contributed by atoms with Crippen LogP contribution in [-0.2, 0) is 13.1 Å². The molecule has 51 heavy (non-hydrogen) atoms. The van der Waals surface area contributed by atoms with Crippen LogP contribution in [0.25, 0.3) is 21.8 Å². The summed E-state index contributed by atoms with van der Waals surface area (Å²) >= 11 is 0. The van der Waals surface area contributed by atoms with Gasteiger partial charge in [0.15, 0.2) is 0 Å². The Morgan fingerprint density at radius 2 is 1.00 bits per heavy atom. The molecule has 4 aromatic carbocycles. The highest BCUT2D eigenvalue weighted by Gasteiger charge is 2.23. The van der Waals surface area contributed by atoms with Gasteiger partial charge < -0.3 is 9.47 Å². The number of piperidine rings is 2. The van der Waals surface area contributed by atoms with E-state index in [0.29, 0.717) is 0 Å². The number of benzene rings is 4. The van der Waals surface area contributed by atoms with Crippen molar-refractivity contribution in [2.24, 2.45) is 0 Å². The average molecular weight is 679 g/mol. The highest BCUT2D eigenvalue weighted by molar-refractivity contribution is 5.86. The summed E-state index contributed by atoms with van der Waals surface area (Å²) in [6.07, 6.45) is 5.06. The topological polar surface area (TPSA) is 50.7 Å². The molecule has 0 radical (unpaired) electrons. The molecule has 8 rings (SSSR count). The highest BCUT2D eigenvalue weighted by atomic mass is 16.5.